The maximum atomic E-state index is 12.3. The lowest BCUT2D eigenvalue weighted by Gasteiger charge is -2.04. The van der Waals surface area contributed by atoms with E-state index in [1.807, 2.05) is 44.2 Å². The molecule has 0 saturated carbocycles. The molecule has 0 aliphatic carbocycles. The number of nitrogens with two attached hydrogens (primary N) is 1. The van der Waals surface area contributed by atoms with Gasteiger partial charge in [-0.3, -0.25) is 4.79 Å². The minimum Gasteiger partial charge on any atom is -0.401 e. The number of aryl methyl sites for hydroxylation is 2. The van der Waals surface area contributed by atoms with Gasteiger partial charge in [0.1, 0.15) is 11.6 Å². The van der Waals surface area contributed by atoms with E-state index in [0.29, 0.717) is 5.16 Å². The van der Waals surface area contributed by atoms with Crippen molar-refractivity contribution in [2.24, 2.45) is 5.73 Å². The maximum Gasteiger partial charge on any atom is 0.185 e. The quantitative estimate of drug-likeness (QED) is 0.351. The van der Waals surface area contributed by atoms with E-state index in [4.69, 9.17) is 16.0 Å². The lowest BCUT2D eigenvalue weighted by Crippen LogP contribution is -2.10. The summed E-state index contributed by atoms with van der Waals surface area (Å²) in [6, 6.07) is 18.3. The summed E-state index contributed by atoms with van der Waals surface area (Å²) in [7, 11) is 0. The first kappa shape index (κ1) is 20.4. The van der Waals surface area contributed by atoms with Crippen molar-refractivity contribution in [2.45, 2.75) is 25.9 Å². The number of allylic oxidation sites excluding steroid dienone is 2. The number of hydrogen-bond donors (Lipinski definition) is 2. The fourth-order valence-corrected chi connectivity index (χ4v) is 3.59. The summed E-state index contributed by atoms with van der Waals surface area (Å²) >= 11 is 1.26. The van der Waals surface area contributed by atoms with Gasteiger partial charge >= 0.3 is 0 Å². The van der Waals surface area contributed by atoms with Gasteiger partial charge in [0.15, 0.2) is 10.9 Å². The molecule has 0 spiro atoms. The smallest absolute Gasteiger partial charge is 0.185 e. The molecule has 1 heterocycles. The van der Waals surface area contributed by atoms with Crippen LogP contribution in [0.5, 0.6) is 0 Å². The SMILES string of the molecule is CC(N)=C(C#N)C(=O)CSc1nc(-c2ccc(C)cc2)c(-c2ccc(C)cc2)[nH]1. The summed E-state index contributed by atoms with van der Waals surface area (Å²) in [5.41, 5.74) is 12.0. The van der Waals surface area contributed by atoms with Crippen LogP contribution >= 0.6 is 11.8 Å². The number of aromatic amines is 1. The number of carbonyl (C=O) groups excluding carboxylic acids is 1. The van der Waals surface area contributed by atoms with Crippen LogP contribution in [0.3, 0.4) is 0 Å². The second-order valence-corrected chi connectivity index (χ2v) is 7.84. The van der Waals surface area contributed by atoms with E-state index in [2.05, 4.69) is 29.2 Å². The number of H-pyrrole nitrogens is 1. The Morgan fingerprint density at radius 2 is 1.62 bits per heavy atom. The normalized spacial score (nSPS) is 11.7. The predicted molar refractivity (Wildman–Crippen MR) is 117 cm³/mol. The molecule has 1 aromatic heterocycles. The number of carbonyl (C=O) groups is 1. The van der Waals surface area contributed by atoms with Gasteiger partial charge in [-0.15, -0.1) is 0 Å². The highest BCUT2D eigenvalue weighted by molar-refractivity contribution is 7.99. The van der Waals surface area contributed by atoms with E-state index in [0.717, 1.165) is 22.5 Å². The molecule has 29 heavy (non-hydrogen) atoms. The zero-order valence-electron chi connectivity index (χ0n) is 16.6. The number of thioether (sulfide) groups is 1. The molecule has 0 unspecified atom stereocenters. The average molecular weight is 403 g/mol. The molecule has 3 N–H and O–H groups in total. The van der Waals surface area contributed by atoms with Crippen LogP contribution in [0, 0.1) is 25.2 Å². The van der Waals surface area contributed by atoms with Crippen molar-refractivity contribution < 1.29 is 4.79 Å². The number of aromatic nitrogens is 2. The van der Waals surface area contributed by atoms with Gasteiger partial charge in [-0.25, -0.2) is 4.98 Å². The van der Waals surface area contributed by atoms with Crippen LogP contribution in [0.15, 0.2) is 65.0 Å². The number of benzene rings is 2. The van der Waals surface area contributed by atoms with E-state index in [1.54, 1.807) is 6.92 Å². The average Bonchev–Trinajstić information content (AvgIpc) is 3.12. The Hall–Kier alpha value is -3.30. The topological polar surface area (TPSA) is 95.6 Å². The van der Waals surface area contributed by atoms with Crippen molar-refractivity contribution >= 4 is 17.5 Å². The molecule has 5 nitrogen and oxygen atoms in total. The predicted octanol–water partition coefficient (Wildman–Crippen LogP) is 4.78. The van der Waals surface area contributed by atoms with Crippen LogP contribution in [-0.2, 0) is 4.79 Å². The summed E-state index contributed by atoms with van der Waals surface area (Å²) in [5.74, 6) is -0.214. The highest BCUT2D eigenvalue weighted by atomic mass is 32.2. The van der Waals surface area contributed by atoms with E-state index >= 15 is 0 Å². The van der Waals surface area contributed by atoms with Gasteiger partial charge in [-0.2, -0.15) is 5.26 Å². The number of rotatable bonds is 6. The molecule has 0 fully saturated rings. The van der Waals surface area contributed by atoms with Crippen molar-refractivity contribution in [3.63, 3.8) is 0 Å². The van der Waals surface area contributed by atoms with Crippen LogP contribution in [0.25, 0.3) is 22.5 Å². The zero-order valence-corrected chi connectivity index (χ0v) is 17.4. The molecule has 146 valence electrons. The molecular formula is C23H22N4OS. The Balaban J connectivity index is 1.95. The summed E-state index contributed by atoms with van der Waals surface area (Å²) in [4.78, 5) is 20.4. The summed E-state index contributed by atoms with van der Waals surface area (Å²) < 4.78 is 0. The van der Waals surface area contributed by atoms with Gasteiger partial charge in [0.25, 0.3) is 0 Å². The number of nitriles is 1. The first-order valence-electron chi connectivity index (χ1n) is 9.15. The molecular weight excluding hydrogens is 380 g/mol. The zero-order chi connectivity index (χ0) is 21.0. The molecule has 0 saturated heterocycles. The van der Waals surface area contributed by atoms with Crippen LogP contribution in [-0.4, -0.2) is 21.5 Å². The summed E-state index contributed by atoms with van der Waals surface area (Å²) in [6.07, 6.45) is 0. The lowest BCUT2D eigenvalue weighted by molar-refractivity contribution is -0.112. The summed E-state index contributed by atoms with van der Waals surface area (Å²) in [5, 5.41) is 9.73. The maximum absolute atomic E-state index is 12.3. The van der Waals surface area contributed by atoms with Crippen LogP contribution in [0.2, 0.25) is 0 Å². The number of Topliss-reactive ketones (excluding diaryl/α,β-unsaturated/α-hetero) is 1. The molecule has 0 radical (unpaired) electrons. The van der Waals surface area contributed by atoms with Crippen LogP contribution in [0.1, 0.15) is 18.1 Å². The van der Waals surface area contributed by atoms with Crippen LogP contribution in [0.4, 0.5) is 0 Å². The van der Waals surface area contributed by atoms with E-state index in [1.165, 1.54) is 22.9 Å². The van der Waals surface area contributed by atoms with E-state index < -0.39 is 0 Å². The van der Waals surface area contributed by atoms with Gasteiger partial charge < -0.3 is 10.7 Å². The van der Waals surface area contributed by atoms with Gasteiger partial charge in [-0.05, 0) is 20.8 Å². The first-order chi connectivity index (χ1) is 13.9. The number of ketones is 1. The van der Waals surface area contributed by atoms with Crippen molar-refractivity contribution in [1.29, 1.82) is 5.26 Å². The van der Waals surface area contributed by atoms with Crippen molar-refractivity contribution in [1.82, 2.24) is 9.97 Å². The standard InChI is InChI=1S/C23H22N4OS/c1-14-4-8-17(9-5-14)21-22(18-10-6-15(2)7-11-18)27-23(26-21)29-13-20(28)19(12-24)16(3)25/h4-11H,13,25H2,1-3H3,(H,26,27). The Kier molecular flexibility index (Phi) is 6.20. The van der Waals surface area contributed by atoms with Crippen molar-refractivity contribution in [3.8, 4) is 28.6 Å². The molecule has 0 aliphatic rings. The Morgan fingerprint density at radius 1 is 1.07 bits per heavy atom. The van der Waals surface area contributed by atoms with E-state index in [9.17, 15) is 4.79 Å². The Bertz CT molecular complexity index is 1040. The third kappa shape index (κ3) is 4.76. The molecule has 3 rings (SSSR count). The monoisotopic (exact) mass is 402 g/mol. The lowest BCUT2D eigenvalue weighted by atomic mass is 10.0. The second kappa shape index (κ2) is 8.80. The summed E-state index contributed by atoms with van der Waals surface area (Å²) in [6.45, 7) is 5.64. The number of nitrogens with one attached hydrogen (secondary N) is 1. The first-order valence-corrected chi connectivity index (χ1v) is 10.1. The molecule has 0 aliphatic heterocycles. The van der Waals surface area contributed by atoms with Gasteiger partial charge in [0.2, 0.25) is 0 Å². The molecule has 0 bridgehead atoms. The molecule has 3 aromatic rings. The fraction of sp³-hybridized carbons (Fsp3) is 0.174. The number of hydrogen-bond acceptors (Lipinski definition) is 5. The molecule has 2 aromatic carbocycles. The Morgan fingerprint density at radius 3 is 2.14 bits per heavy atom. The van der Waals surface area contributed by atoms with Gasteiger partial charge in [0, 0.05) is 16.8 Å². The molecule has 0 atom stereocenters. The molecule has 6 heteroatoms. The second-order valence-electron chi connectivity index (χ2n) is 6.88. The minimum atomic E-state index is -0.303. The number of imidazole rings is 1. The minimum absolute atomic E-state index is 0.00146. The van der Waals surface area contributed by atoms with Gasteiger partial charge in [0.05, 0.1) is 17.1 Å². The third-order valence-electron chi connectivity index (χ3n) is 4.47. The van der Waals surface area contributed by atoms with Crippen molar-refractivity contribution in [2.75, 3.05) is 5.75 Å². The molecule has 0 amide bonds. The highest BCUT2D eigenvalue weighted by Gasteiger charge is 2.17. The van der Waals surface area contributed by atoms with Gasteiger partial charge in [-0.1, -0.05) is 71.4 Å². The van der Waals surface area contributed by atoms with Crippen LogP contribution < -0.4 is 5.73 Å². The van der Waals surface area contributed by atoms with E-state index in [-0.39, 0.29) is 22.8 Å². The highest BCUT2D eigenvalue weighted by Crippen LogP contribution is 2.33. The fourth-order valence-electron chi connectivity index (χ4n) is 2.85. The number of nitrogens with zero attached hydrogens (tertiary/aromatic N) is 2. The van der Waals surface area contributed by atoms with Crippen molar-refractivity contribution in [3.05, 3.63) is 70.9 Å². The largest absolute Gasteiger partial charge is 0.401 e. The Labute approximate surface area is 174 Å². The third-order valence-corrected chi connectivity index (χ3v) is 5.35.